The Morgan fingerprint density at radius 2 is 2.44 bits per heavy atom. The Morgan fingerprint density at radius 1 is 1.61 bits per heavy atom. The van der Waals surface area contributed by atoms with E-state index in [1.807, 2.05) is 11.4 Å². The molecule has 1 aliphatic rings. The monoisotopic (exact) mass is 263 g/mol. The summed E-state index contributed by atoms with van der Waals surface area (Å²) >= 11 is 1.51. The summed E-state index contributed by atoms with van der Waals surface area (Å²) < 4.78 is 1.70. The molecule has 1 fully saturated rings. The molecule has 0 saturated heterocycles. The van der Waals surface area contributed by atoms with E-state index in [2.05, 4.69) is 17.2 Å². The van der Waals surface area contributed by atoms with Gasteiger partial charge in [0, 0.05) is 19.1 Å². The third-order valence-corrected chi connectivity index (χ3v) is 4.42. The summed E-state index contributed by atoms with van der Waals surface area (Å²) in [4.78, 5) is 17.2. The number of thiophene rings is 1. The van der Waals surface area contributed by atoms with Crippen molar-refractivity contribution in [1.29, 1.82) is 0 Å². The number of fused-ring (bicyclic) bond motifs is 1. The number of hydrogen-bond acceptors (Lipinski definition) is 4. The second-order valence-electron chi connectivity index (χ2n) is 4.96. The Hall–Kier alpha value is -1.20. The summed E-state index contributed by atoms with van der Waals surface area (Å²) in [6, 6.07) is 2.42. The Kier molecular flexibility index (Phi) is 3.18. The average Bonchev–Trinajstić information content (AvgIpc) is 3.10. The third-order valence-electron chi connectivity index (χ3n) is 3.60. The number of hydrogen-bond donors (Lipinski definition) is 1. The van der Waals surface area contributed by atoms with Crippen LogP contribution < -0.4 is 10.9 Å². The van der Waals surface area contributed by atoms with Gasteiger partial charge in [-0.25, -0.2) is 4.98 Å². The zero-order valence-electron chi connectivity index (χ0n) is 10.4. The number of nitrogens with zero attached hydrogens (tertiary/aromatic N) is 2. The van der Waals surface area contributed by atoms with E-state index in [4.69, 9.17) is 0 Å². The van der Waals surface area contributed by atoms with Crippen molar-refractivity contribution in [2.75, 3.05) is 6.54 Å². The van der Waals surface area contributed by atoms with E-state index in [0.717, 1.165) is 22.7 Å². The molecule has 0 bridgehead atoms. The van der Waals surface area contributed by atoms with Gasteiger partial charge < -0.3 is 5.32 Å². The van der Waals surface area contributed by atoms with Crippen molar-refractivity contribution in [2.24, 2.45) is 5.92 Å². The standard InChI is InChI=1S/C13H17N3OS/c1-9(10-2-3-10)14-5-6-16-8-15-12-11(13(16)17)4-7-18-12/h4,7-10,14H,2-3,5-6H2,1H3. The predicted octanol–water partition coefficient (Wildman–Crippen LogP) is 1.85. The summed E-state index contributed by atoms with van der Waals surface area (Å²) in [5.41, 5.74) is 0.0714. The van der Waals surface area contributed by atoms with Gasteiger partial charge in [0.1, 0.15) is 4.83 Å². The van der Waals surface area contributed by atoms with Crippen LogP contribution in [0.4, 0.5) is 0 Å². The normalized spacial score (nSPS) is 17.2. The molecule has 5 heteroatoms. The molecule has 1 saturated carbocycles. The molecule has 2 heterocycles. The van der Waals surface area contributed by atoms with Crippen molar-refractivity contribution in [3.05, 3.63) is 28.1 Å². The molecule has 2 aromatic rings. The van der Waals surface area contributed by atoms with Crippen LogP contribution in [0.3, 0.4) is 0 Å². The molecule has 2 aromatic heterocycles. The van der Waals surface area contributed by atoms with E-state index in [9.17, 15) is 4.79 Å². The lowest BCUT2D eigenvalue weighted by atomic mass is 10.2. The SMILES string of the molecule is CC(NCCn1cnc2sccc2c1=O)C1CC1. The van der Waals surface area contributed by atoms with Crippen LogP contribution in [0.2, 0.25) is 0 Å². The summed E-state index contributed by atoms with van der Waals surface area (Å²) in [6.45, 7) is 3.74. The maximum absolute atomic E-state index is 12.1. The summed E-state index contributed by atoms with van der Waals surface area (Å²) in [7, 11) is 0. The van der Waals surface area contributed by atoms with E-state index in [0.29, 0.717) is 12.6 Å². The van der Waals surface area contributed by atoms with Crippen LogP contribution in [0.25, 0.3) is 10.2 Å². The fraction of sp³-hybridized carbons (Fsp3) is 0.538. The number of nitrogens with one attached hydrogen (secondary N) is 1. The number of rotatable bonds is 5. The van der Waals surface area contributed by atoms with Gasteiger partial charge in [-0.15, -0.1) is 11.3 Å². The smallest absolute Gasteiger partial charge is 0.262 e. The average molecular weight is 263 g/mol. The first-order valence-corrected chi connectivity index (χ1v) is 7.29. The Labute approximate surface area is 110 Å². The van der Waals surface area contributed by atoms with E-state index >= 15 is 0 Å². The molecular formula is C13H17N3OS. The molecule has 96 valence electrons. The van der Waals surface area contributed by atoms with Crippen molar-refractivity contribution in [2.45, 2.75) is 32.4 Å². The van der Waals surface area contributed by atoms with Crippen LogP contribution in [-0.2, 0) is 6.54 Å². The van der Waals surface area contributed by atoms with Crippen molar-refractivity contribution >= 4 is 21.6 Å². The molecule has 1 aliphatic carbocycles. The van der Waals surface area contributed by atoms with Crippen molar-refractivity contribution in [3.8, 4) is 0 Å². The minimum atomic E-state index is 0.0714. The van der Waals surface area contributed by atoms with E-state index in [1.54, 1.807) is 10.9 Å². The van der Waals surface area contributed by atoms with E-state index in [-0.39, 0.29) is 5.56 Å². The Morgan fingerprint density at radius 3 is 3.22 bits per heavy atom. The second kappa shape index (κ2) is 4.82. The van der Waals surface area contributed by atoms with Gasteiger partial charge in [-0.2, -0.15) is 0 Å². The van der Waals surface area contributed by atoms with Crippen molar-refractivity contribution in [3.63, 3.8) is 0 Å². The van der Waals surface area contributed by atoms with Crippen LogP contribution in [0.5, 0.6) is 0 Å². The van der Waals surface area contributed by atoms with Crippen LogP contribution in [-0.4, -0.2) is 22.1 Å². The molecule has 0 spiro atoms. The molecule has 1 atom stereocenters. The Bertz CT molecular complexity index is 600. The maximum Gasteiger partial charge on any atom is 0.262 e. The molecule has 3 rings (SSSR count). The lowest BCUT2D eigenvalue weighted by Crippen LogP contribution is -2.33. The highest BCUT2D eigenvalue weighted by Gasteiger charge is 2.27. The highest BCUT2D eigenvalue weighted by Crippen LogP contribution is 2.32. The van der Waals surface area contributed by atoms with Crippen LogP contribution in [0.15, 0.2) is 22.6 Å². The molecule has 0 aromatic carbocycles. The molecule has 1 N–H and O–H groups in total. The lowest BCUT2D eigenvalue weighted by molar-refractivity contribution is 0.471. The largest absolute Gasteiger partial charge is 0.312 e. The fourth-order valence-corrected chi connectivity index (χ4v) is 2.95. The first-order valence-electron chi connectivity index (χ1n) is 6.42. The zero-order chi connectivity index (χ0) is 12.5. The van der Waals surface area contributed by atoms with Gasteiger partial charge in [0.2, 0.25) is 0 Å². The van der Waals surface area contributed by atoms with Crippen LogP contribution in [0, 0.1) is 5.92 Å². The van der Waals surface area contributed by atoms with Crippen molar-refractivity contribution in [1.82, 2.24) is 14.9 Å². The van der Waals surface area contributed by atoms with Crippen LogP contribution >= 0.6 is 11.3 Å². The van der Waals surface area contributed by atoms with E-state index < -0.39 is 0 Å². The van der Waals surface area contributed by atoms with Crippen LogP contribution in [0.1, 0.15) is 19.8 Å². The summed E-state index contributed by atoms with van der Waals surface area (Å²) in [5.74, 6) is 0.846. The maximum atomic E-state index is 12.1. The molecule has 0 aliphatic heterocycles. The molecule has 18 heavy (non-hydrogen) atoms. The molecule has 4 nitrogen and oxygen atoms in total. The van der Waals surface area contributed by atoms with Gasteiger partial charge >= 0.3 is 0 Å². The Balaban J connectivity index is 1.66. The molecule has 0 amide bonds. The zero-order valence-corrected chi connectivity index (χ0v) is 11.2. The van der Waals surface area contributed by atoms with Gasteiger partial charge in [-0.1, -0.05) is 0 Å². The second-order valence-corrected chi connectivity index (χ2v) is 5.86. The van der Waals surface area contributed by atoms with Gasteiger partial charge in [0.25, 0.3) is 5.56 Å². The first kappa shape index (κ1) is 11.9. The summed E-state index contributed by atoms with van der Waals surface area (Å²) in [6.07, 6.45) is 4.34. The minimum Gasteiger partial charge on any atom is -0.312 e. The predicted molar refractivity (Wildman–Crippen MR) is 74.1 cm³/mol. The molecule has 0 radical (unpaired) electrons. The molecular weight excluding hydrogens is 246 g/mol. The lowest BCUT2D eigenvalue weighted by Gasteiger charge is -2.13. The van der Waals surface area contributed by atoms with Gasteiger partial charge in [-0.3, -0.25) is 9.36 Å². The quantitative estimate of drug-likeness (QED) is 0.895. The summed E-state index contributed by atoms with van der Waals surface area (Å²) in [5, 5.41) is 6.12. The topological polar surface area (TPSA) is 46.9 Å². The number of aromatic nitrogens is 2. The highest BCUT2D eigenvalue weighted by atomic mass is 32.1. The highest BCUT2D eigenvalue weighted by molar-refractivity contribution is 7.16. The molecule has 1 unspecified atom stereocenters. The minimum absolute atomic E-state index is 0.0714. The first-order chi connectivity index (χ1) is 8.75. The fourth-order valence-electron chi connectivity index (χ4n) is 2.23. The third kappa shape index (κ3) is 2.33. The van der Waals surface area contributed by atoms with Gasteiger partial charge in [0.05, 0.1) is 11.7 Å². The van der Waals surface area contributed by atoms with Crippen molar-refractivity contribution < 1.29 is 0 Å². The van der Waals surface area contributed by atoms with E-state index in [1.165, 1.54) is 24.2 Å². The van der Waals surface area contributed by atoms with Gasteiger partial charge in [0.15, 0.2) is 0 Å². The van der Waals surface area contributed by atoms with Gasteiger partial charge in [-0.05, 0) is 37.1 Å².